The average Bonchev–Trinajstić information content (AvgIpc) is 2.67. The first kappa shape index (κ1) is 11.1. The number of aromatic nitrogens is 3. The van der Waals surface area contributed by atoms with Gasteiger partial charge < -0.3 is 10.3 Å². The lowest BCUT2D eigenvalue weighted by atomic mass is 9.87. The third-order valence-electron chi connectivity index (χ3n) is 3.45. The number of hydrogen-bond acceptors (Lipinski definition) is 3. The van der Waals surface area contributed by atoms with E-state index in [1.54, 1.807) is 12.4 Å². The zero-order valence-corrected chi connectivity index (χ0v) is 10.1. The molecule has 0 fully saturated rings. The summed E-state index contributed by atoms with van der Waals surface area (Å²) in [4.78, 5) is 8.74. The van der Waals surface area contributed by atoms with Crippen molar-refractivity contribution < 1.29 is 0 Å². The van der Waals surface area contributed by atoms with Crippen LogP contribution >= 0.6 is 0 Å². The zero-order valence-electron chi connectivity index (χ0n) is 10.1. The van der Waals surface area contributed by atoms with E-state index in [1.165, 1.54) is 0 Å². The molecule has 86 valence electrons. The first-order valence-electron chi connectivity index (χ1n) is 5.59. The molecule has 0 spiro atoms. The van der Waals surface area contributed by atoms with E-state index in [0.717, 1.165) is 23.3 Å². The summed E-state index contributed by atoms with van der Waals surface area (Å²) in [6.45, 7) is 4.90. The smallest absolute Gasteiger partial charge is 0.116 e. The minimum atomic E-state index is -0.0617. The van der Waals surface area contributed by atoms with E-state index in [-0.39, 0.29) is 5.41 Å². The number of nitrogens with zero attached hydrogens (tertiary/aromatic N) is 3. The van der Waals surface area contributed by atoms with Gasteiger partial charge in [0.25, 0.3) is 0 Å². The molecule has 2 aromatic rings. The molecule has 4 heteroatoms. The molecule has 0 saturated heterocycles. The molecule has 0 aliphatic rings. The molecule has 0 amide bonds. The molecule has 2 N–H and O–H groups in total. The van der Waals surface area contributed by atoms with Crippen molar-refractivity contribution in [3.05, 3.63) is 24.3 Å². The molecule has 0 saturated carbocycles. The third-order valence-corrected chi connectivity index (χ3v) is 3.45. The Hall–Kier alpha value is -1.42. The van der Waals surface area contributed by atoms with Crippen LogP contribution in [0.3, 0.4) is 0 Å². The Morgan fingerprint density at radius 2 is 2.25 bits per heavy atom. The summed E-state index contributed by atoms with van der Waals surface area (Å²) >= 11 is 0. The van der Waals surface area contributed by atoms with Crippen LogP contribution in [0.25, 0.3) is 11.0 Å². The van der Waals surface area contributed by atoms with Gasteiger partial charge in [-0.2, -0.15) is 0 Å². The average molecular weight is 218 g/mol. The summed E-state index contributed by atoms with van der Waals surface area (Å²) in [5, 5.41) is 0. The highest BCUT2D eigenvalue weighted by Gasteiger charge is 2.28. The van der Waals surface area contributed by atoms with Crippen molar-refractivity contribution in [2.75, 3.05) is 6.54 Å². The monoisotopic (exact) mass is 218 g/mol. The lowest BCUT2D eigenvalue weighted by Gasteiger charge is -2.25. The highest BCUT2D eigenvalue weighted by molar-refractivity contribution is 5.74. The fourth-order valence-electron chi connectivity index (χ4n) is 1.99. The first-order chi connectivity index (χ1) is 7.62. The molecule has 1 atom stereocenters. The zero-order chi connectivity index (χ0) is 11.8. The van der Waals surface area contributed by atoms with Crippen LogP contribution in [-0.4, -0.2) is 21.1 Å². The molecular weight excluding hydrogens is 200 g/mol. The van der Waals surface area contributed by atoms with Gasteiger partial charge >= 0.3 is 0 Å². The van der Waals surface area contributed by atoms with Gasteiger partial charge in [0.1, 0.15) is 11.3 Å². The van der Waals surface area contributed by atoms with Crippen LogP contribution in [0, 0.1) is 0 Å². The van der Waals surface area contributed by atoms with Crippen LogP contribution in [0.4, 0.5) is 0 Å². The van der Waals surface area contributed by atoms with Crippen LogP contribution in [0.5, 0.6) is 0 Å². The normalized spacial score (nSPS) is 15.2. The van der Waals surface area contributed by atoms with Crippen LogP contribution in [0.1, 0.15) is 26.1 Å². The third kappa shape index (κ3) is 1.50. The predicted molar refractivity (Wildman–Crippen MR) is 65.2 cm³/mol. The maximum Gasteiger partial charge on any atom is 0.116 e. The minimum absolute atomic E-state index is 0.0617. The summed E-state index contributed by atoms with van der Waals surface area (Å²) in [7, 11) is 2.04. The second-order valence-electron chi connectivity index (χ2n) is 4.48. The lowest BCUT2D eigenvalue weighted by molar-refractivity contribution is 0.427. The van der Waals surface area contributed by atoms with E-state index in [0.29, 0.717) is 6.54 Å². The maximum atomic E-state index is 5.87. The lowest BCUT2D eigenvalue weighted by Crippen LogP contribution is -2.33. The first-order valence-corrected chi connectivity index (χ1v) is 5.59. The number of imidazole rings is 1. The van der Waals surface area contributed by atoms with Gasteiger partial charge in [0.2, 0.25) is 0 Å². The molecule has 2 aromatic heterocycles. The molecule has 0 aromatic carbocycles. The van der Waals surface area contributed by atoms with E-state index in [9.17, 15) is 0 Å². The maximum absolute atomic E-state index is 5.87. The van der Waals surface area contributed by atoms with E-state index < -0.39 is 0 Å². The highest BCUT2D eigenvalue weighted by Crippen LogP contribution is 2.27. The summed E-state index contributed by atoms with van der Waals surface area (Å²) in [5.74, 6) is 1.04. The number of rotatable bonds is 3. The summed E-state index contributed by atoms with van der Waals surface area (Å²) < 4.78 is 2.12. The van der Waals surface area contributed by atoms with Crippen molar-refractivity contribution in [1.29, 1.82) is 0 Å². The second-order valence-corrected chi connectivity index (χ2v) is 4.48. The Morgan fingerprint density at radius 3 is 2.81 bits per heavy atom. The molecule has 2 heterocycles. The topological polar surface area (TPSA) is 56.7 Å². The standard InChI is InChI=1S/C12H18N4/c1-4-12(2,8-13)11-15-9-7-14-6-5-10(9)16(11)3/h5-7H,4,8,13H2,1-3H3. The van der Waals surface area contributed by atoms with Gasteiger partial charge in [-0.25, -0.2) is 4.98 Å². The quantitative estimate of drug-likeness (QED) is 0.851. The van der Waals surface area contributed by atoms with E-state index in [2.05, 4.69) is 28.4 Å². The van der Waals surface area contributed by atoms with Crippen LogP contribution in [0.2, 0.25) is 0 Å². The van der Waals surface area contributed by atoms with Crippen molar-refractivity contribution in [3.63, 3.8) is 0 Å². The Labute approximate surface area is 95.5 Å². The Morgan fingerprint density at radius 1 is 1.50 bits per heavy atom. The molecule has 0 aliphatic heterocycles. The van der Waals surface area contributed by atoms with Gasteiger partial charge in [-0.1, -0.05) is 13.8 Å². The van der Waals surface area contributed by atoms with Crippen molar-refractivity contribution in [3.8, 4) is 0 Å². The molecule has 4 nitrogen and oxygen atoms in total. The molecule has 0 bridgehead atoms. The fourth-order valence-corrected chi connectivity index (χ4v) is 1.99. The van der Waals surface area contributed by atoms with Crippen molar-refractivity contribution in [1.82, 2.24) is 14.5 Å². The summed E-state index contributed by atoms with van der Waals surface area (Å²) in [6, 6.07) is 1.98. The van der Waals surface area contributed by atoms with Gasteiger partial charge in [0.15, 0.2) is 0 Å². The van der Waals surface area contributed by atoms with Gasteiger partial charge in [-0.3, -0.25) is 4.98 Å². The molecule has 0 aliphatic carbocycles. The molecular formula is C12H18N4. The largest absolute Gasteiger partial charge is 0.331 e. The van der Waals surface area contributed by atoms with E-state index >= 15 is 0 Å². The van der Waals surface area contributed by atoms with Gasteiger partial charge in [-0.15, -0.1) is 0 Å². The van der Waals surface area contributed by atoms with Gasteiger partial charge in [-0.05, 0) is 12.5 Å². The number of nitrogens with two attached hydrogens (primary N) is 1. The van der Waals surface area contributed by atoms with Crippen LogP contribution in [-0.2, 0) is 12.5 Å². The Kier molecular flexibility index (Phi) is 2.68. The Balaban J connectivity index is 2.65. The molecule has 1 unspecified atom stereocenters. The van der Waals surface area contributed by atoms with Crippen LogP contribution < -0.4 is 5.73 Å². The summed E-state index contributed by atoms with van der Waals surface area (Å²) in [6.07, 6.45) is 4.57. The molecule has 2 rings (SSSR count). The SMILES string of the molecule is CCC(C)(CN)c1nc2cnccc2n1C. The van der Waals surface area contributed by atoms with Gasteiger partial charge in [0.05, 0.1) is 11.7 Å². The van der Waals surface area contributed by atoms with E-state index in [1.807, 2.05) is 13.1 Å². The predicted octanol–water partition coefficient (Wildman–Crippen LogP) is 1.59. The molecule has 0 radical (unpaired) electrons. The highest BCUT2D eigenvalue weighted by atomic mass is 15.1. The second kappa shape index (κ2) is 3.87. The Bertz CT molecular complexity index is 497. The van der Waals surface area contributed by atoms with Crippen molar-refractivity contribution >= 4 is 11.0 Å². The number of hydrogen-bond donors (Lipinski definition) is 1. The number of aryl methyl sites for hydroxylation is 1. The van der Waals surface area contributed by atoms with Gasteiger partial charge in [0, 0.05) is 25.2 Å². The number of fused-ring (bicyclic) bond motifs is 1. The fraction of sp³-hybridized carbons (Fsp3) is 0.500. The minimum Gasteiger partial charge on any atom is -0.331 e. The molecule has 16 heavy (non-hydrogen) atoms. The number of pyridine rings is 1. The van der Waals surface area contributed by atoms with Crippen LogP contribution in [0.15, 0.2) is 18.5 Å². The summed E-state index contributed by atoms with van der Waals surface area (Å²) in [5.41, 5.74) is 7.86. The van der Waals surface area contributed by atoms with Crippen molar-refractivity contribution in [2.45, 2.75) is 25.7 Å². The van der Waals surface area contributed by atoms with Crippen molar-refractivity contribution in [2.24, 2.45) is 12.8 Å². The van der Waals surface area contributed by atoms with E-state index in [4.69, 9.17) is 5.73 Å².